The molecule has 132 valence electrons. The van der Waals surface area contributed by atoms with Gasteiger partial charge in [0, 0.05) is 5.69 Å². The van der Waals surface area contributed by atoms with E-state index in [-0.39, 0.29) is 6.61 Å². The molecule has 6 heteroatoms. The van der Waals surface area contributed by atoms with Gasteiger partial charge >= 0.3 is 5.97 Å². The summed E-state index contributed by atoms with van der Waals surface area (Å²) < 4.78 is 15.4. The van der Waals surface area contributed by atoms with Crippen molar-refractivity contribution in [3.8, 4) is 11.5 Å². The van der Waals surface area contributed by atoms with Gasteiger partial charge in [0.1, 0.15) is 11.5 Å². The van der Waals surface area contributed by atoms with Gasteiger partial charge in [0.15, 0.2) is 12.7 Å². The molecule has 6 nitrogen and oxygen atoms in total. The van der Waals surface area contributed by atoms with Gasteiger partial charge in [-0.3, -0.25) is 4.79 Å². The Morgan fingerprint density at radius 2 is 1.60 bits per heavy atom. The second-order valence-electron chi connectivity index (χ2n) is 5.45. The lowest BCUT2D eigenvalue weighted by molar-refractivity contribution is -0.155. The SMILES string of the molecule is COc1ccc(OCC(=O)O[C@@H](C)C(=O)Nc2ccc(C)cc2)cc1. The molecule has 0 spiro atoms. The van der Waals surface area contributed by atoms with Gasteiger partial charge in [-0.15, -0.1) is 0 Å². The Morgan fingerprint density at radius 3 is 2.20 bits per heavy atom. The number of hydrogen-bond acceptors (Lipinski definition) is 5. The van der Waals surface area contributed by atoms with E-state index in [1.807, 2.05) is 19.1 Å². The minimum atomic E-state index is -0.923. The van der Waals surface area contributed by atoms with Crippen molar-refractivity contribution in [3.63, 3.8) is 0 Å². The molecule has 1 N–H and O–H groups in total. The lowest BCUT2D eigenvalue weighted by atomic mass is 10.2. The predicted octanol–water partition coefficient (Wildman–Crippen LogP) is 2.95. The first-order valence-corrected chi connectivity index (χ1v) is 7.82. The molecule has 2 aromatic carbocycles. The zero-order valence-electron chi connectivity index (χ0n) is 14.4. The fourth-order valence-electron chi connectivity index (χ4n) is 1.98. The first kappa shape index (κ1) is 18.3. The number of ether oxygens (including phenoxy) is 3. The summed E-state index contributed by atoms with van der Waals surface area (Å²) in [5.41, 5.74) is 1.74. The Morgan fingerprint density at radius 1 is 1.00 bits per heavy atom. The molecule has 2 aromatic rings. The van der Waals surface area contributed by atoms with E-state index in [0.717, 1.165) is 5.56 Å². The van der Waals surface area contributed by atoms with E-state index in [2.05, 4.69) is 5.32 Å². The number of amides is 1. The van der Waals surface area contributed by atoms with Gasteiger partial charge in [0.2, 0.25) is 0 Å². The van der Waals surface area contributed by atoms with Crippen LogP contribution in [0.2, 0.25) is 0 Å². The quantitative estimate of drug-likeness (QED) is 0.783. The Balaban J connectivity index is 1.78. The van der Waals surface area contributed by atoms with Crippen molar-refractivity contribution in [1.29, 1.82) is 0 Å². The molecule has 0 unspecified atom stereocenters. The van der Waals surface area contributed by atoms with Gasteiger partial charge in [-0.05, 0) is 50.2 Å². The highest BCUT2D eigenvalue weighted by atomic mass is 16.6. The van der Waals surface area contributed by atoms with Crippen molar-refractivity contribution >= 4 is 17.6 Å². The Bertz CT molecular complexity index is 710. The molecule has 0 saturated carbocycles. The molecule has 0 aliphatic heterocycles. The molecular formula is C19H21NO5. The van der Waals surface area contributed by atoms with Gasteiger partial charge in [-0.25, -0.2) is 4.79 Å². The highest BCUT2D eigenvalue weighted by molar-refractivity contribution is 5.95. The van der Waals surface area contributed by atoms with Gasteiger partial charge in [-0.2, -0.15) is 0 Å². The van der Waals surface area contributed by atoms with Gasteiger partial charge < -0.3 is 19.5 Å². The van der Waals surface area contributed by atoms with E-state index in [4.69, 9.17) is 14.2 Å². The fraction of sp³-hybridized carbons (Fsp3) is 0.263. The van der Waals surface area contributed by atoms with E-state index >= 15 is 0 Å². The molecule has 1 atom stereocenters. The molecule has 0 aliphatic rings. The summed E-state index contributed by atoms with van der Waals surface area (Å²) in [6, 6.07) is 14.1. The average Bonchev–Trinajstić information content (AvgIpc) is 2.62. The van der Waals surface area contributed by atoms with Gasteiger partial charge in [-0.1, -0.05) is 17.7 Å². The summed E-state index contributed by atoms with van der Waals surface area (Å²) in [5, 5.41) is 2.69. The van der Waals surface area contributed by atoms with Crippen LogP contribution in [0.1, 0.15) is 12.5 Å². The van der Waals surface area contributed by atoms with E-state index in [1.54, 1.807) is 43.5 Å². The van der Waals surface area contributed by atoms with Crippen LogP contribution in [-0.2, 0) is 14.3 Å². The maximum absolute atomic E-state index is 12.0. The predicted molar refractivity (Wildman–Crippen MR) is 93.9 cm³/mol. The maximum atomic E-state index is 12.0. The summed E-state index contributed by atoms with van der Waals surface area (Å²) in [5.74, 6) is 0.176. The molecule has 0 heterocycles. The fourth-order valence-corrected chi connectivity index (χ4v) is 1.98. The Kier molecular flexibility index (Phi) is 6.39. The molecule has 1 amide bonds. The minimum Gasteiger partial charge on any atom is -0.497 e. The number of nitrogens with one attached hydrogen (secondary N) is 1. The van der Waals surface area contributed by atoms with E-state index in [9.17, 15) is 9.59 Å². The van der Waals surface area contributed by atoms with Crippen molar-refractivity contribution in [2.45, 2.75) is 20.0 Å². The van der Waals surface area contributed by atoms with Crippen LogP contribution in [0.5, 0.6) is 11.5 Å². The highest BCUT2D eigenvalue weighted by Gasteiger charge is 2.18. The smallest absolute Gasteiger partial charge is 0.344 e. The van der Waals surface area contributed by atoms with Crippen LogP contribution in [0.25, 0.3) is 0 Å². The van der Waals surface area contributed by atoms with Crippen LogP contribution < -0.4 is 14.8 Å². The summed E-state index contributed by atoms with van der Waals surface area (Å²) in [6.07, 6.45) is -0.923. The van der Waals surface area contributed by atoms with E-state index in [0.29, 0.717) is 17.2 Å². The van der Waals surface area contributed by atoms with Crippen molar-refractivity contribution in [1.82, 2.24) is 0 Å². The molecule has 0 aliphatic carbocycles. The monoisotopic (exact) mass is 343 g/mol. The van der Waals surface area contributed by atoms with Crippen LogP contribution in [0.3, 0.4) is 0 Å². The molecule has 0 bridgehead atoms. The third-order valence-electron chi connectivity index (χ3n) is 3.41. The van der Waals surface area contributed by atoms with Crippen molar-refractivity contribution in [3.05, 3.63) is 54.1 Å². The first-order chi connectivity index (χ1) is 12.0. The van der Waals surface area contributed by atoms with Crippen LogP contribution >= 0.6 is 0 Å². The topological polar surface area (TPSA) is 73.9 Å². The molecule has 2 rings (SSSR count). The number of carbonyl (C=O) groups excluding carboxylic acids is 2. The van der Waals surface area contributed by atoms with Crippen LogP contribution in [0.15, 0.2) is 48.5 Å². The van der Waals surface area contributed by atoms with E-state index < -0.39 is 18.0 Å². The summed E-state index contributed by atoms with van der Waals surface area (Å²) >= 11 is 0. The number of hydrogen-bond donors (Lipinski definition) is 1. The molecule has 0 radical (unpaired) electrons. The number of anilines is 1. The number of benzene rings is 2. The number of esters is 1. The minimum absolute atomic E-state index is 0.283. The molecular weight excluding hydrogens is 322 g/mol. The maximum Gasteiger partial charge on any atom is 0.344 e. The van der Waals surface area contributed by atoms with Gasteiger partial charge in [0.25, 0.3) is 5.91 Å². The van der Waals surface area contributed by atoms with Crippen molar-refractivity contribution in [2.24, 2.45) is 0 Å². The number of aryl methyl sites for hydroxylation is 1. The largest absolute Gasteiger partial charge is 0.497 e. The molecule has 0 saturated heterocycles. The van der Waals surface area contributed by atoms with Crippen molar-refractivity contribution in [2.75, 3.05) is 19.0 Å². The number of rotatable bonds is 7. The average molecular weight is 343 g/mol. The zero-order chi connectivity index (χ0) is 18.2. The zero-order valence-corrected chi connectivity index (χ0v) is 14.4. The number of methoxy groups -OCH3 is 1. The number of carbonyl (C=O) groups is 2. The summed E-state index contributed by atoms with van der Waals surface area (Å²) in [4.78, 5) is 23.8. The van der Waals surface area contributed by atoms with Crippen molar-refractivity contribution < 1.29 is 23.8 Å². The second kappa shape index (κ2) is 8.73. The van der Waals surface area contributed by atoms with E-state index in [1.165, 1.54) is 6.92 Å². The Hall–Kier alpha value is -3.02. The second-order valence-corrected chi connectivity index (χ2v) is 5.45. The lowest BCUT2D eigenvalue weighted by Gasteiger charge is -2.14. The van der Waals surface area contributed by atoms with Crippen LogP contribution in [0.4, 0.5) is 5.69 Å². The highest BCUT2D eigenvalue weighted by Crippen LogP contribution is 2.17. The molecule has 0 fully saturated rings. The summed E-state index contributed by atoms with van der Waals surface area (Å²) in [7, 11) is 1.57. The molecule has 25 heavy (non-hydrogen) atoms. The Labute approximate surface area is 146 Å². The normalized spacial score (nSPS) is 11.3. The first-order valence-electron chi connectivity index (χ1n) is 7.82. The standard InChI is InChI=1S/C19H21NO5/c1-13-4-6-15(7-5-13)20-19(22)14(2)25-18(21)12-24-17-10-8-16(23-3)9-11-17/h4-11,14H,12H2,1-3H3,(H,20,22)/t14-/m0/s1. The lowest BCUT2D eigenvalue weighted by Crippen LogP contribution is -2.31. The third kappa shape index (κ3) is 5.84. The van der Waals surface area contributed by atoms with Crippen LogP contribution in [-0.4, -0.2) is 31.7 Å². The molecule has 0 aromatic heterocycles. The summed E-state index contributed by atoms with van der Waals surface area (Å²) in [6.45, 7) is 3.18. The van der Waals surface area contributed by atoms with Gasteiger partial charge in [0.05, 0.1) is 7.11 Å². The third-order valence-corrected chi connectivity index (χ3v) is 3.41. The van der Waals surface area contributed by atoms with Crippen LogP contribution in [0, 0.1) is 6.92 Å².